The fraction of sp³-hybridized carbons (Fsp3) is 0.269. The average molecular weight is 425 g/mol. The zero-order valence-corrected chi connectivity index (χ0v) is 17.9. The number of para-hydroxylation sites is 1. The smallest absolute Gasteiger partial charge is 0.329 e. The van der Waals surface area contributed by atoms with Crippen LogP contribution < -0.4 is 10.2 Å². The molecule has 4 aromatic rings. The topological polar surface area (TPSA) is 67.2 Å². The third kappa shape index (κ3) is 2.83. The molecule has 1 aliphatic carbocycles. The van der Waals surface area contributed by atoms with Gasteiger partial charge in [0.1, 0.15) is 0 Å². The van der Waals surface area contributed by atoms with Crippen LogP contribution in [0, 0.1) is 5.92 Å². The summed E-state index contributed by atoms with van der Waals surface area (Å²) in [4.78, 5) is 32.2. The largest absolute Gasteiger partial charge is 0.350 e. The molecule has 6 heteroatoms. The van der Waals surface area contributed by atoms with Crippen LogP contribution in [0.2, 0.25) is 0 Å². The van der Waals surface area contributed by atoms with Gasteiger partial charge in [0.2, 0.25) is 5.91 Å². The first-order chi connectivity index (χ1) is 15.6. The third-order valence-corrected chi connectivity index (χ3v) is 7.16. The number of carbonyl (C=O) groups is 2. The summed E-state index contributed by atoms with van der Waals surface area (Å²) in [5.74, 6) is -0.0182. The molecule has 2 fully saturated rings. The normalized spacial score (nSPS) is 23.4. The summed E-state index contributed by atoms with van der Waals surface area (Å²) in [5.41, 5.74) is 3.10. The van der Waals surface area contributed by atoms with E-state index in [4.69, 9.17) is 0 Å². The summed E-state index contributed by atoms with van der Waals surface area (Å²) in [6.07, 6.45) is 7.90. The predicted octanol–water partition coefficient (Wildman–Crippen LogP) is 4.74. The first kappa shape index (κ1) is 19.0. The highest BCUT2D eigenvalue weighted by Gasteiger charge is 2.45. The van der Waals surface area contributed by atoms with Crippen LogP contribution in [0.15, 0.2) is 67.1 Å². The first-order valence-corrected chi connectivity index (χ1v) is 11.1. The highest BCUT2D eigenvalue weighted by Crippen LogP contribution is 2.42. The second-order valence-corrected chi connectivity index (χ2v) is 8.94. The predicted molar refractivity (Wildman–Crippen MR) is 125 cm³/mol. The fourth-order valence-electron chi connectivity index (χ4n) is 5.62. The van der Waals surface area contributed by atoms with Gasteiger partial charge in [-0.3, -0.25) is 9.78 Å². The van der Waals surface area contributed by atoms with E-state index in [0.29, 0.717) is 11.6 Å². The maximum atomic E-state index is 13.5. The van der Waals surface area contributed by atoms with Gasteiger partial charge in [-0.05, 0) is 42.2 Å². The lowest BCUT2D eigenvalue weighted by atomic mass is 9.74. The van der Waals surface area contributed by atoms with E-state index in [0.717, 1.165) is 30.0 Å². The Morgan fingerprint density at radius 1 is 0.969 bits per heavy atom. The summed E-state index contributed by atoms with van der Waals surface area (Å²) in [7, 11) is 2.07. The number of fused-ring (bicyclic) bond motifs is 3. The van der Waals surface area contributed by atoms with Crippen molar-refractivity contribution in [3.8, 4) is 0 Å². The van der Waals surface area contributed by atoms with Crippen molar-refractivity contribution in [2.75, 3.05) is 4.90 Å². The van der Waals surface area contributed by atoms with Crippen molar-refractivity contribution in [3.05, 3.63) is 72.7 Å². The molecular formula is C26H24N4O2. The molecule has 3 unspecified atom stereocenters. The van der Waals surface area contributed by atoms with Gasteiger partial charge in [-0.25, -0.2) is 9.69 Å². The Kier molecular flexibility index (Phi) is 4.28. The van der Waals surface area contributed by atoms with E-state index < -0.39 is 0 Å². The number of anilines is 1. The van der Waals surface area contributed by atoms with Crippen molar-refractivity contribution < 1.29 is 9.59 Å². The summed E-state index contributed by atoms with van der Waals surface area (Å²) >= 11 is 0. The minimum Gasteiger partial charge on any atom is -0.350 e. The van der Waals surface area contributed by atoms with Gasteiger partial charge < -0.3 is 9.88 Å². The maximum Gasteiger partial charge on any atom is 0.329 e. The summed E-state index contributed by atoms with van der Waals surface area (Å²) in [6.45, 7) is 0. The van der Waals surface area contributed by atoms with Gasteiger partial charge in [0, 0.05) is 36.3 Å². The van der Waals surface area contributed by atoms with E-state index in [9.17, 15) is 9.59 Å². The Labute approximate surface area is 185 Å². The van der Waals surface area contributed by atoms with Gasteiger partial charge in [-0.1, -0.05) is 42.5 Å². The number of hydrogen-bond acceptors (Lipinski definition) is 3. The molecule has 0 bridgehead atoms. The van der Waals surface area contributed by atoms with Crippen LogP contribution >= 0.6 is 0 Å². The average Bonchev–Trinajstić information content (AvgIpc) is 3.20. The molecule has 1 saturated carbocycles. The van der Waals surface area contributed by atoms with Crippen molar-refractivity contribution in [2.24, 2.45) is 13.0 Å². The van der Waals surface area contributed by atoms with Gasteiger partial charge in [0.05, 0.1) is 23.3 Å². The van der Waals surface area contributed by atoms with Crippen molar-refractivity contribution in [3.63, 3.8) is 0 Å². The van der Waals surface area contributed by atoms with E-state index in [1.807, 2.05) is 24.3 Å². The first-order valence-electron chi connectivity index (χ1n) is 11.1. The zero-order chi connectivity index (χ0) is 21.8. The minimum absolute atomic E-state index is 0.118. The summed E-state index contributed by atoms with van der Waals surface area (Å²) in [5, 5.41) is 6.14. The standard InChI is InChI=1S/C26H24N4O2/c1-29-12-11-16-6-4-8-20(24(16)29)17-9-10-21-22(13-17)28-26(32)30(25(21)31)23-15-27-14-18-5-2-3-7-19(18)23/h2-8,11-12,14-15,17,21-22H,9-10,13H2,1H3,(H,28,32). The second kappa shape index (κ2) is 7.19. The molecule has 3 heterocycles. The highest BCUT2D eigenvalue weighted by atomic mass is 16.2. The van der Waals surface area contributed by atoms with E-state index in [1.54, 1.807) is 12.4 Å². The van der Waals surface area contributed by atoms with Crippen LogP contribution in [0.1, 0.15) is 30.7 Å². The van der Waals surface area contributed by atoms with Gasteiger partial charge in [0.15, 0.2) is 0 Å². The number of hydrogen-bond donors (Lipinski definition) is 1. The Balaban J connectivity index is 1.32. The Hall–Kier alpha value is -3.67. The second-order valence-electron chi connectivity index (χ2n) is 8.94. The number of nitrogens with one attached hydrogen (secondary N) is 1. The molecule has 1 saturated heterocycles. The van der Waals surface area contributed by atoms with E-state index >= 15 is 0 Å². The highest BCUT2D eigenvalue weighted by molar-refractivity contribution is 6.20. The van der Waals surface area contributed by atoms with Gasteiger partial charge in [-0.2, -0.15) is 0 Å². The molecule has 3 amide bonds. The van der Waals surface area contributed by atoms with Crippen LogP contribution in [0.3, 0.4) is 0 Å². The number of nitrogens with zero attached hydrogens (tertiary/aromatic N) is 3. The molecule has 2 aromatic heterocycles. The SMILES string of the molecule is Cn1ccc2cccc(C3CCC4C(=O)N(c5cncc6ccccc56)C(=O)NC4C3)c21. The number of carbonyl (C=O) groups excluding carboxylic acids is 2. The fourth-order valence-corrected chi connectivity index (χ4v) is 5.62. The van der Waals surface area contributed by atoms with E-state index in [2.05, 4.69) is 52.4 Å². The van der Waals surface area contributed by atoms with Gasteiger partial charge in [-0.15, -0.1) is 0 Å². The molecule has 6 rings (SSSR count). The molecular weight excluding hydrogens is 400 g/mol. The maximum absolute atomic E-state index is 13.5. The number of amides is 3. The number of rotatable bonds is 2. The molecule has 160 valence electrons. The van der Waals surface area contributed by atoms with Gasteiger partial charge >= 0.3 is 6.03 Å². The molecule has 2 aromatic carbocycles. The van der Waals surface area contributed by atoms with E-state index in [1.165, 1.54) is 21.4 Å². The zero-order valence-electron chi connectivity index (χ0n) is 17.9. The van der Waals surface area contributed by atoms with Crippen LogP contribution in [0.4, 0.5) is 10.5 Å². The molecule has 32 heavy (non-hydrogen) atoms. The Morgan fingerprint density at radius 3 is 2.72 bits per heavy atom. The lowest BCUT2D eigenvalue weighted by Crippen LogP contribution is -2.61. The number of imide groups is 1. The molecule has 3 atom stereocenters. The monoisotopic (exact) mass is 424 g/mol. The number of aryl methyl sites for hydroxylation is 1. The molecule has 2 aliphatic rings. The third-order valence-electron chi connectivity index (χ3n) is 7.16. The molecule has 1 aliphatic heterocycles. The van der Waals surface area contributed by atoms with Crippen LogP contribution in [-0.4, -0.2) is 27.5 Å². The van der Waals surface area contributed by atoms with Gasteiger partial charge in [0.25, 0.3) is 0 Å². The lowest BCUT2D eigenvalue weighted by molar-refractivity contribution is -0.124. The molecule has 0 radical (unpaired) electrons. The summed E-state index contributed by atoms with van der Waals surface area (Å²) in [6, 6.07) is 15.8. The number of benzene rings is 2. The van der Waals surface area contributed by atoms with Crippen LogP contribution in [0.25, 0.3) is 21.7 Å². The molecule has 6 nitrogen and oxygen atoms in total. The lowest BCUT2D eigenvalue weighted by Gasteiger charge is -2.42. The molecule has 1 N–H and O–H groups in total. The Morgan fingerprint density at radius 2 is 1.81 bits per heavy atom. The van der Waals surface area contributed by atoms with Crippen molar-refractivity contribution in [2.45, 2.75) is 31.2 Å². The van der Waals surface area contributed by atoms with Crippen LogP contribution in [-0.2, 0) is 11.8 Å². The Bertz CT molecular complexity index is 1370. The summed E-state index contributed by atoms with van der Waals surface area (Å²) < 4.78 is 2.16. The number of aromatic nitrogens is 2. The van der Waals surface area contributed by atoms with Crippen molar-refractivity contribution in [1.82, 2.24) is 14.9 Å². The molecule has 0 spiro atoms. The minimum atomic E-state index is -0.355. The number of urea groups is 1. The quantitative estimate of drug-likeness (QED) is 0.506. The van der Waals surface area contributed by atoms with E-state index in [-0.39, 0.29) is 23.9 Å². The number of pyridine rings is 1. The van der Waals surface area contributed by atoms with Crippen molar-refractivity contribution >= 4 is 39.3 Å². The van der Waals surface area contributed by atoms with Crippen molar-refractivity contribution in [1.29, 1.82) is 0 Å². The van der Waals surface area contributed by atoms with Crippen LogP contribution in [0.5, 0.6) is 0 Å².